The second-order valence-electron chi connectivity index (χ2n) is 0. The van der Waals surface area contributed by atoms with Gasteiger partial charge in [-0.2, -0.15) is 0 Å². The molecule has 0 aliphatic carbocycles. The minimum atomic E-state index is 0. The molecular weight excluding hydrogens is 160 g/mol. The molecule has 0 saturated carbocycles. The molecular formula is H5BClNaZr. The van der Waals surface area contributed by atoms with Crippen LogP contribution in [0, 0.1) is 0 Å². The standard InChI is InChI=1S/BH3.ClH.Na.Zr.H/h1H3;1H;;;. The smallest absolute Gasteiger partial charge is 0 e. The summed E-state index contributed by atoms with van der Waals surface area (Å²) in [4.78, 5) is 0. The molecule has 0 radical (unpaired) electrons. The predicted molar refractivity (Wildman–Crippen MR) is 24.3 cm³/mol. The summed E-state index contributed by atoms with van der Waals surface area (Å²) in [6, 6.07) is 0. The zero-order chi connectivity index (χ0) is 0. The van der Waals surface area contributed by atoms with Gasteiger partial charge in [0.15, 0.2) is 0 Å². The Morgan fingerprint density at radius 2 is 1.00 bits per heavy atom. The van der Waals surface area contributed by atoms with E-state index in [2.05, 4.69) is 0 Å². The average molecular weight is 166 g/mol. The van der Waals surface area contributed by atoms with Crippen LogP contribution in [0.1, 0.15) is 0 Å². The van der Waals surface area contributed by atoms with Crippen LogP contribution in [0.3, 0.4) is 0 Å². The van der Waals surface area contributed by atoms with Crippen LogP contribution in [0.4, 0.5) is 0 Å². The molecule has 0 aromatic rings. The van der Waals surface area contributed by atoms with Gasteiger partial charge in [-0.1, -0.05) is 0 Å². The quantitative estimate of drug-likeness (QED) is 0.387. The average Bonchev–Trinajstić information content (AvgIpc) is 0. The zero-order valence-electron chi connectivity index (χ0n) is 0.908. The molecule has 4 heavy (non-hydrogen) atoms. The minimum absolute atomic E-state index is 0. The van der Waals surface area contributed by atoms with Crippen LogP contribution in [0.15, 0.2) is 0 Å². The van der Waals surface area contributed by atoms with E-state index in [4.69, 9.17) is 0 Å². The maximum Gasteiger partial charge on any atom is 0 e. The van der Waals surface area contributed by atoms with E-state index in [0.717, 1.165) is 0 Å². The van der Waals surface area contributed by atoms with Crippen LogP contribution in [-0.2, 0) is 26.2 Å². The first kappa shape index (κ1) is 34.2. The van der Waals surface area contributed by atoms with Crippen molar-refractivity contribution in [1.29, 1.82) is 0 Å². The van der Waals surface area contributed by atoms with E-state index in [1.807, 2.05) is 0 Å². The van der Waals surface area contributed by atoms with Crippen molar-refractivity contribution < 1.29 is 26.2 Å². The molecule has 4 heteroatoms. The van der Waals surface area contributed by atoms with Crippen LogP contribution in [0.2, 0.25) is 0 Å². The fourth-order valence-corrected chi connectivity index (χ4v) is 0. The van der Waals surface area contributed by atoms with Gasteiger partial charge in [-0.15, -0.1) is 12.4 Å². The number of rotatable bonds is 0. The van der Waals surface area contributed by atoms with Gasteiger partial charge in [0.2, 0.25) is 0 Å². The molecule has 0 aliphatic heterocycles. The maximum absolute atomic E-state index is 0. The monoisotopic (exact) mass is 164 g/mol. The Morgan fingerprint density at radius 3 is 1.00 bits per heavy atom. The molecule has 0 aromatic heterocycles. The Hall–Kier alpha value is 2.24. The van der Waals surface area contributed by atoms with Crippen molar-refractivity contribution in [3.8, 4) is 0 Å². The van der Waals surface area contributed by atoms with Crippen molar-refractivity contribution in [2.75, 3.05) is 0 Å². The largest absolute Gasteiger partial charge is 0 e. The summed E-state index contributed by atoms with van der Waals surface area (Å²) in [7, 11) is 0. The van der Waals surface area contributed by atoms with E-state index in [0.29, 0.717) is 0 Å². The van der Waals surface area contributed by atoms with Gasteiger partial charge in [0.1, 0.15) is 0 Å². The van der Waals surface area contributed by atoms with Gasteiger partial charge in [-0.3, -0.25) is 0 Å². The fraction of sp³-hybridized carbons (Fsp3) is 0. The number of halogens is 1. The zero-order valence-corrected chi connectivity index (χ0v) is 4.18. The van der Waals surface area contributed by atoms with E-state index in [1.54, 1.807) is 0 Å². The molecule has 0 N–H and O–H groups in total. The van der Waals surface area contributed by atoms with Gasteiger partial charge in [0, 0.05) is 26.2 Å². The molecule has 0 rings (SSSR count). The Labute approximate surface area is 75.5 Å². The van der Waals surface area contributed by atoms with Gasteiger partial charge in [0.25, 0.3) is 0 Å². The summed E-state index contributed by atoms with van der Waals surface area (Å²) in [6.45, 7) is 0. The topological polar surface area (TPSA) is 0 Å². The van der Waals surface area contributed by atoms with Crippen LogP contribution in [0.25, 0.3) is 0 Å². The van der Waals surface area contributed by atoms with E-state index < -0.39 is 0 Å². The SMILES string of the molecule is B.Cl.[NaH].[Zr]. The Morgan fingerprint density at radius 1 is 1.00 bits per heavy atom. The van der Waals surface area contributed by atoms with Crippen molar-refractivity contribution >= 4 is 50.4 Å². The summed E-state index contributed by atoms with van der Waals surface area (Å²) in [5.74, 6) is 0. The normalized spacial score (nSPS) is 0. The van der Waals surface area contributed by atoms with E-state index >= 15 is 0 Å². The van der Waals surface area contributed by atoms with Crippen molar-refractivity contribution in [2.45, 2.75) is 0 Å². The molecule has 0 spiro atoms. The van der Waals surface area contributed by atoms with Gasteiger partial charge in [-0.25, -0.2) is 0 Å². The van der Waals surface area contributed by atoms with Crippen molar-refractivity contribution in [2.24, 2.45) is 0 Å². The third-order valence-electron chi connectivity index (χ3n) is 0. The molecule has 0 nitrogen and oxygen atoms in total. The Balaban J connectivity index is 0. The Kier molecular flexibility index (Phi) is 160. The van der Waals surface area contributed by atoms with Crippen LogP contribution in [0.5, 0.6) is 0 Å². The third kappa shape index (κ3) is 8.87. The first-order valence-corrected chi connectivity index (χ1v) is 0. The third-order valence-corrected chi connectivity index (χ3v) is 0. The van der Waals surface area contributed by atoms with Gasteiger partial charge in [-0.05, 0) is 0 Å². The summed E-state index contributed by atoms with van der Waals surface area (Å²) in [5.41, 5.74) is 0. The van der Waals surface area contributed by atoms with Crippen molar-refractivity contribution in [3.05, 3.63) is 0 Å². The summed E-state index contributed by atoms with van der Waals surface area (Å²) < 4.78 is 0. The molecule has 0 aliphatic rings. The van der Waals surface area contributed by atoms with E-state index in [9.17, 15) is 0 Å². The molecule has 0 unspecified atom stereocenters. The van der Waals surface area contributed by atoms with Crippen LogP contribution in [-0.4, -0.2) is 38.0 Å². The molecule has 0 atom stereocenters. The molecule has 0 heterocycles. The Bertz CT molecular complexity index is 8.00. The number of hydrogen-bond donors (Lipinski definition) is 0. The minimum Gasteiger partial charge on any atom is 0 e. The van der Waals surface area contributed by atoms with Crippen molar-refractivity contribution in [1.82, 2.24) is 0 Å². The molecule has 20 valence electrons. The molecule has 0 saturated heterocycles. The first-order valence-electron chi connectivity index (χ1n) is 0. The fourth-order valence-electron chi connectivity index (χ4n) is 0. The van der Waals surface area contributed by atoms with Crippen molar-refractivity contribution in [3.63, 3.8) is 0 Å². The second-order valence-corrected chi connectivity index (χ2v) is 0. The van der Waals surface area contributed by atoms with Gasteiger partial charge >= 0.3 is 29.6 Å². The van der Waals surface area contributed by atoms with Crippen LogP contribution >= 0.6 is 12.4 Å². The molecule has 0 bridgehead atoms. The van der Waals surface area contributed by atoms with Crippen LogP contribution < -0.4 is 0 Å². The summed E-state index contributed by atoms with van der Waals surface area (Å²) in [5, 5.41) is 0. The predicted octanol–water partition coefficient (Wildman–Crippen LogP) is -1.41. The maximum atomic E-state index is 0. The number of hydrogen-bond acceptors (Lipinski definition) is 0. The van der Waals surface area contributed by atoms with E-state index in [-0.39, 0.29) is 76.6 Å². The molecule has 0 aromatic carbocycles. The molecule has 0 amide bonds. The summed E-state index contributed by atoms with van der Waals surface area (Å²) >= 11 is 0. The van der Waals surface area contributed by atoms with Gasteiger partial charge < -0.3 is 0 Å². The van der Waals surface area contributed by atoms with Gasteiger partial charge in [0.05, 0.1) is 8.41 Å². The molecule has 0 fully saturated rings. The second kappa shape index (κ2) is 18.8. The summed E-state index contributed by atoms with van der Waals surface area (Å²) in [6.07, 6.45) is 0. The first-order chi connectivity index (χ1) is 0. The van der Waals surface area contributed by atoms with E-state index in [1.165, 1.54) is 0 Å².